The van der Waals surface area contributed by atoms with E-state index in [1.54, 1.807) is 50.3 Å². The average Bonchev–Trinajstić information content (AvgIpc) is 1.50. The molecule has 0 aliphatic carbocycles. The second kappa shape index (κ2) is 42.4. The molecule has 1 aromatic rings. The summed E-state index contributed by atoms with van der Waals surface area (Å²) >= 11 is 0. The summed E-state index contributed by atoms with van der Waals surface area (Å²) in [6, 6.07) is 4.67. The number of allylic oxidation sites excluding steroid dienone is 2. The molecule has 0 saturated heterocycles. The van der Waals surface area contributed by atoms with Crippen LogP contribution in [0.4, 0.5) is 0 Å². The number of ether oxygens (including phenoxy) is 5. The van der Waals surface area contributed by atoms with E-state index in [1.165, 1.54) is 47.0 Å². The Hall–Kier alpha value is -6.94. The number of hydrogen-bond donors (Lipinski definition) is 4. The Kier molecular flexibility index (Phi) is 37.5. The van der Waals surface area contributed by atoms with Crippen LogP contribution in [0.3, 0.4) is 0 Å². The Balaban J connectivity index is 2.36. The minimum absolute atomic E-state index is 0.0406. The van der Waals surface area contributed by atoms with E-state index in [1.807, 2.05) is 40.7 Å². The third-order valence-corrected chi connectivity index (χ3v) is 20.0. The zero-order chi connectivity index (χ0) is 70.0. The summed E-state index contributed by atoms with van der Waals surface area (Å²) in [6.45, 7) is 27.4. The SMILES string of the molecule is C=C(c1ccccc1)[C@H](C(=O)N(C)CC(=O)N[C@H](C(=O)N[C@H](C)C(=O)[O-])C(C)CC)N(C)C(=O)[C@H](C)NC(=O)[C@@H](CC(C)C)OC(=O)/C(C)=C/C(N)(CCO[Si-](CCC)(CCC)OCCOCCOCCOCCN1C(=O)C=CC1=O)C[C@H](OC=O)[C@H](C)C/C(C)=C/C. The number of carbonyl (C=O) groups excluding carboxylic acids is 10. The van der Waals surface area contributed by atoms with Gasteiger partial charge in [0.25, 0.3) is 24.2 Å². The topological polar surface area (TPSA) is 330 Å². The molecule has 1 aliphatic heterocycles. The van der Waals surface area contributed by atoms with Gasteiger partial charge in [-0.25, -0.2) is 4.79 Å². The number of imide groups is 1. The first-order valence-corrected chi connectivity index (χ1v) is 34.5. The predicted octanol–water partition coefficient (Wildman–Crippen LogP) is 4.46. The van der Waals surface area contributed by atoms with Gasteiger partial charge in [0.1, 0.15) is 32.8 Å². The van der Waals surface area contributed by atoms with Crippen molar-refractivity contribution in [2.75, 3.05) is 80.0 Å². The standard InChI is InChI=1S/C67H107N7O18Si/c1-16-37-93(38-17-2,91-36-35-88-34-33-87-32-31-86-30-28-74-57(77)25-26-58(74)78)90-29-27-67(68,42-55(89-44-75)48(9)40-46(7)18-3)41-49(10)66(85)92-54(39-45(5)6)61(79)69-51(12)63(81)73(15)60(50(11)53-23-21-20-22-24-53)64(82)72(14)43-56(76)71-59(47(8)19-4)62(80)70-52(13)65(83)84/h18,20-26,41,44-45,47-48,51-52,54-55,59-60H,11,16-17,19,27-40,42-43,68H2,1-10,12-15H3,(H,69,79)(H,70,80)(H,71,76)(H,83,84)/q-1/p-1/b46-18+,49-41+/t47?,48-,51+,52-,54-,55+,59+,60-,67?/m1/s1. The van der Waals surface area contributed by atoms with E-state index in [0.717, 1.165) is 33.1 Å². The molecule has 0 aromatic heterocycles. The molecule has 9 atom stereocenters. The molecule has 93 heavy (non-hydrogen) atoms. The van der Waals surface area contributed by atoms with Crippen molar-refractivity contribution in [2.24, 2.45) is 23.5 Å². The Bertz CT molecular complexity index is 2680. The van der Waals surface area contributed by atoms with Crippen LogP contribution in [0, 0.1) is 17.8 Å². The van der Waals surface area contributed by atoms with Crippen LogP contribution >= 0.6 is 0 Å². The van der Waals surface area contributed by atoms with Gasteiger partial charge in [0.2, 0.25) is 23.6 Å². The maximum absolute atomic E-state index is 14.5. The van der Waals surface area contributed by atoms with E-state index in [2.05, 4.69) is 36.4 Å². The van der Waals surface area contributed by atoms with Gasteiger partial charge >= 0.3 is 5.97 Å². The number of aliphatic carboxylic acids is 1. The molecule has 0 bridgehead atoms. The van der Waals surface area contributed by atoms with E-state index < -0.39 is 104 Å². The van der Waals surface area contributed by atoms with Gasteiger partial charge in [-0.15, -0.1) is 12.1 Å². The lowest BCUT2D eigenvalue weighted by Crippen LogP contribution is -2.58. The summed E-state index contributed by atoms with van der Waals surface area (Å²) in [7, 11) is -0.207. The summed E-state index contributed by atoms with van der Waals surface area (Å²) in [4.78, 5) is 134. The maximum Gasteiger partial charge on any atom is 0.334 e. The lowest BCUT2D eigenvalue weighted by Gasteiger charge is -2.45. The van der Waals surface area contributed by atoms with Crippen LogP contribution in [0.15, 0.2) is 72.4 Å². The number of nitrogens with one attached hydrogen (secondary N) is 3. The van der Waals surface area contributed by atoms with Crippen molar-refractivity contribution in [1.82, 2.24) is 30.7 Å². The highest BCUT2D eigenvalue weighted by Gasteiger charge is 2.38. The molecule has 1 heterocycles. The lowest BCUT2D eigenvalue weighted by molar-refractivity contribution is -0.307. The van der Waals surface area contributed by atoms with E-state index in [9.17, 15) is 53.1 Å². The molecule has 7 amide bonds. The number of amides is 7. The Morgan fingerprint density at radius 1 is 0.763 bits per heavy atom. The minimum atomic E-state index is -2.89. The first-order chi connectivity index (χ1) is 43.9. The van der Waals surface area contributed by atoms with Gasteiger partial charge < -0.3 is 73.9 Å². The van der Waals surface area contributed by atoms with Crippen LogP contribution in [-0.4, -0.2) is 205 Å². The van der Waals surface area contributed by atoms with Gasteiger partial charge in [-0.05, 0) is 82.8 Å². The van der Waals surface area contributed by atoms with Gasteiger partial charge in [0.05, 0.1) is 64.7 Å². The predicted molar refractivity (Wildman–Crippen MR) is 351 cm³/mol. The number of carboxylic acid groups (broad SMARTS) is 1. The summed E-state index contributed by atoms with van der Waals surface area (Å²) < 4.78 is 42.0. The highest BCUT2D eigenvalue weighted by molar-refractivity contribution is 6.67. The van der Waals surface area contributed by atoms with E-state index in [-0.39, 0.29) is 93.6 Å². The number of nitrogens with zero attached hydrogens (tertiary/aromatic N) is 3. The quantitative estimate of drug-likeness (QED) is 0.0133. The van der Waals surface area contributed by atoms with Crippen molar-refractivity contribution >= 4 is 73.9 Å². The molecule has 25 nitrogen and oxygen atoms in total. The maximum atomic E-state index is 14.5. The fraction of sp³-hybridized carbons (Fsp3) is 0.642. The van der Waals surface area contributed by atoms with Crippen LogP contribution in [-0.2, 0) is 80.5 Å². The molecule has 2 rings (SSSR count). The molecule has 523 valence electrons. The van der Waals surface area contributed by atoms with Crippen molar-refractivity contribution < 1.29 is 85.6 Å². The number of nitrogens with two attached hydrogens (primary N) is 1. The molecule has 0 spiro atoms. The Morgan fingerprint density at radius 3 is 1.86 bits per heavy atom. The molecular weight excluding hydrogens is 1220 g/mol. The van der Waals surface area contributed by atoms with Crippen LogP contribution < -0.4 is 26.8 Å². The monoisotopic (exact) mass is 1320 g/mol. The normalized spacial score (nSPS) is 16.0. The van der Waals surface area contributed by atoms with Crippen molar-refractivity contribution in [2.45, 2.75) is 182 Å². The molecule has 2 unspecified atom stereocenters. The molecule has 1 aliphatic rings. The minimum Gasteiger partial charge on any atom is -0.548 e. The first kappa shape index (κ1) is 82.1. The first-order valence-electron chi connectivity index (χ1n) is 32.3. The Labute approximate surface area is 551 Å². The number of likely N-dealkylation sites (N-methyl/N-ethyl adjacent to an activating group) is 2. The number of benzene rings is 1. The number of hydrogen-bond acceptors (Lipinski definition) is 19. The summed E-state index contributed by atoms with van der Waals surface area (Å²) in [5.74, 6) is -7.73. The smallest absolute Gasteiger partial charge is 0.334 e. The van der Waals surface area contributed by atoms with E-state index in [4.69, 9.17) is 38.3 Å². The van der Waals surface area contributed by atoms with Crippen LogP contribution in [0.25, 0.3) is 5.57 Å². The van der Waals surface area contributed by atoms with Crippen LogP contribution in [0.5, 0.6) is 0 Å². The molecule has 26 heteroatoms. The largest absolute Gasteiger partial charge is 0.548 e. The van der Waals surface area contributed by atoms with Gasteiger partial charge in [-0.1, -0.05) is 122 Å². The highest BCUT2D eigenvalue weighted by atomic mass is 28.4. The second-order valence-electron chi connectivity index (χ2n) is 24.4. The molecule has 1 aromatic carbocycles. The van der Waals surface area contributed by atoms with Crippen LogP contribution in [0.1, 0.15) is 134 Å². The molecule has 0 saturated carbocycles. The Morgan fingerprint density at radius 2 is 1.32 bits per heavy atom. The fourth-order valence-corrected chi connectivity index (χ4v) is 13.8. The third-order valence-electron chi connectivity index (χ3n) is 16.0. The molecular formula is C67H106N7O18Si-2. The number of carboxylic acids is 1. The van der Waals surface area contributed by atoms with Gasteiger partial charge in [0.15, 0.2) is 6.10 Å². The summed E-state index contributed by atoms with van der Waals surface area (Å²) in [5.41, 5.74) is 7.77. The fourth-order valence-electron chi connectivity index (χ4n) is 10.4. The second-order valence-corrected chi connectivity index (χ2v) is 27.8. The number of esters is 1. The van der Waals surface area contributed by atoms with Gasteiger partial charge in [-0.3, -0.25) is 43.3 Å². The van der Waals surface area contributed by atoms with Gasteiger partial charge in [0, 0.05) is 57.0 Å². The van der Waals surface area contributed by atoms with Crippen molar-refractivity contribution in [3.05, 3.63) is 77.9 Å². The highest BCUT2D eigenvalue weighted by Crippen LogP contribution is 2.31. The number of rotatable bonds is 48. The third kappa shape index (κ3) is 28.7. The lowest BCUT2D eigenvalue weighted by atomic mass is 9.82. The van der Waals surface area contributed by atoms with Crippen LogP contribution in [0.2, 0.25) is 12.1 Å². The average molecular weight is 1330 g/mol. The zero-order valence-electron chi connectivity index (χ0n) is 57.4. The van der Waals surface area contributed by atoms with Gasteiger partial charge in [-0.2, -0.15) is 0 Å². The summed E-state index contributed by atoms with van der Waals surface area (Å²) in [5, 5.41) is 19.0. The number of carbonyl (C=O) groups is 10. The molecule has 0 radical (unpaired) electrons. The van der Waals surface area contributed by atoms with Crippen molar-refractivity contribution in [1.29, 1.82) is 0 Å². The van der Waals surface area contributed by atoms with E-state index >= 15 is 0 Å². The van der Waals surface area contributed by atoms with E-state index in [0.29, 0.717) is 56.8 Å². The van der Waals surface area contributed by atoms with Crippen molar-refractivity contribution in [3.63, 3.8) is 0 Å². The molecule has 5 N–H and O–H groups in total. The summed E-state index contributed by atoms with van der Waals surface area (Å²) in [6.07, 6.45) is 6.72. The van der Waals surface area contributed by atoms with Crippen molar-refractivity contribution in [3.8, 4) is 0 Å². The molecule has 0 fully saturated rings. The zero-order valence-corrected chi connectivity index (χ0v) is 58.4.